The molecule has 0 N–H and O–H groups in total. The molecule has 0 aromatic carbocycles. The highest BCUT2D eigenvalue weighted by Crippen LogP contribution is 2.51. The summed E-state index contributed by atoms with van der Waals surface area (Å²) < 4.78 is 0. The van der Waals surface area contributed by atoms with Crippen LogP contribution >= 0.6 is 0 Å². The summed E-state index contributed by atoms with van der Waals surface area (Å²) in [5, 5.41) is 0. The van der Waals surface area contributed by atoms with Crippen LogP contribution < -0.4 is 0 Å². The summed E-state index contributed by atoms with van der Waals surface area (Å²) in [5.74, 6) is 4.81. The van der Waals surface area contributed by atoms with E-state index < -0.39 is 0 Å². The van der Waals surface area contributed by atoms with Gasteiger partial charge in [0.05, 0.1) is 0 Å². The predicted molar refractivity (Wildman–Crippen MR) is 85.1 cm³/mol. The molecule has 5 unspecified atom stereocenters. The van der Waals surface area contributed by atoms with Crippen molar-refractivity contribution in [1.82, 2.24) is 0 Å². The molecule has 0 saturated heterocycles. The molecule has 2 aliphatic rings. The summed E-state index contributed by atoms with van der Waals surface area (Å²) in [7, 11) is 0. The Labute approximate surface area is 121 Å². The minimum Gasteiger partial charge on any atom is -0.0794 e. The van der Waals surface area contributed by atoms with Crippen LogP contribution in [0.4, 0.5) is 0 Å². The molecule has 19 heavy (non-hydrogen) atoms. The van der Waals surface area contributed by atoms with E-state index >= 15 is 0 Å². The molecule has 0 nitrogen and oxygen atoms in total. The lowest BCUT2D eigenvalue weighted by molar-refractivity contribution is 0.0253. The fraction of sp³-hybridized carbons (Fsp3) is 0.895. The highest BCUT2D eigenvalue weighted by molar-refractivity contribution is 5.12. The Morgan fingerprint density at radius 2 is 1.74 bits per heavy atom. The molecule has 110 valence electrons. The molecule has 0 amide bonds. The van der Waals surface area contributed by atoms with Gasteiger partial charge >= 0.3 is 0 Å². The lowest BCUT2D eigenvalue weighted by Gasteiger charge is -2.49. The first kappa shape index (κ1) is 15.1. The highest BCUT2D eigenvalue weighted by atomic mass is 14.5. The maximum absolute atomic E-state index is 2.65. The maximum atomic E-state index is 2.65. The minimum absolute atomic E-state index is 0.409. The zero-order valence-electron chi connectivity index (χ0n) is 14.0. The molecule has 0 bridgehead atoms. The van der Waals surface area contributed by atoms with Gasteiger partial charge in [-0.15, -0.1) is 0 Å². The standard InChI is InChI=1S/C19H34/c1-7-16(8-9-17-10-14(17)3)12-19(5,6)18-11-13(2)15(18)4/h12-15,17-18H,7-11H2,1-6H3. The summed E-state index contributed by atoms with van der Waals surface area (Å²) in [6.45, 7) is 14.5. The summed E-state index contributed by atoms with van der Waals surface area (Å²) in [4.78, 5) is 0. The zero-order chi connectivity index (χ0) is 14.2. The third kappa shape index (κ3) is 3.44. The topological polar surface area (TPSA) is 0 Å². The van der Waals surface area contributed by atoms with Crippen molar-refractivity contribution >= 4 is 0 Å². The van der Waals surface area contributed by atoms with Crippen molar-refractivity contribution in [2.24, 2.45) is 35.0 Å². The average Bonchev–Trinajstić information content (AvgIpc) is 3.06. The molecular weight excluding hydrogens is 228 g/mol. The van der Waals surface area contributed by atoms with Crippen LogP contribution in [0, 0.1) is 35.0 Å². The van der Waals surface area contributed by atoms with E-state index in [1.807, 2.05) is 0 Å². The fourth-order valence-corrected chi connectivity index (χ4v) is 4.17. The van der Waals surface area contributed by atoms with Crippen LogP contribution in [-0.4, -0.2) is 0 Å². The Hall–Kier alpha value is -0.260. The molecule has 2 rings (SSSR count). The lowest BCUT2D eigenvalue weighted by Crippen LogP contribution is -2.41. The first-order valence-electron chi connectivity index (χ1n) is 8.55. The van der Waals surface area contributed by atoms with E-state index in [0.29, 0.717) is 5.41 Å². The lowest BCUT2D eigenvalue weighted by atomic mass is 9.56. The van der Waals surface area contributed by atoms with E-state index in [1.165, 1.54) is 32.1 Å². The van der Waals surface area contributed by atoms with Gasteiger partial charge in [-0.2, -0.15) is 0 Å². The van der Waals surface area contributed by atoms with E-state index in [2.05, 4.69) is 47.6 Å². The fourth-order valence-electron chi connectivity index (χ4n) is 4.17. The monoisotopic (exact) mass is 262 g/mol. The highest BCUT2D eigenvalue weighted by Gasteiger charge is 2.42. The van der Waals surface area contributed by atoms with Gasteiger partial charge in [0.1, 0.15) is 0 Å². The summed E-state index contributed by atoms with van der Waals surface area (Å²) in [6.07, 6.45) is 9.60. The van der Waals surface area contributed by atoms with Crippen LogP contribution in [0.15, 0.2) is 11.6 Å². The van der Waals surface area contributed by atoms with Crippen molar-refractivity contribution in [3.8, 4) is 0 Å². The van der Waals surface area contributed by atoms with Gasteiger partial charge in [-0.3, -0.25) is 0 Å². The molecule has 0 spiro atoms. The van der Waals surface area contributed by atoms with Crippen LogP contribution in [0.25, 0.3) is 0 Å². The molecule has 0 aliphatic heterocycles. The molecule has 2 fully saturated rings. The van der Waals surface area contributed by atoms with Crippen molar-refractivity contribution in [1.29, 1.82) is 0 Å². The Bertz CT molecular complexity index is 336. The molecule has 0 aromatic rings. The molecular formula is C19H34. The third-order valence-corrected chi connectivity index (χ3v) is 6.26. The first-order valence-corrected chi connectivity index (χ1v) is 8.55. The van der Waals surface area contributed by atoms with Crippen LogP contribution in [-0.2, 0) is 0 Å². The van der Waals surface area contributed by atoms with Crippen molar-refractivity contribution in [3.63, 3.8) is 0 Å². The van der Waals surface area contributed by atoms with Gasteiger partial charge in [-0.25, -0.2) is 0 Å². The SMILES string of the molecule is CCC(=CC(C)(C)C1CC(C)C1C)CCC1CC1C. The molecule has 0 heteroatoms. The van der Waals surface area contributed by atoms with Gasteiger partial charge < -0.3 is 0 Å². The minimum atomic E-state index is 0.409. The molecule has 5 atom stereocenters. The van der Waals surface area contributed by atoms with E-state index in [0.717, 1.165) is 29.6 Å². The maximum Gasteiger partial charge on any atom is -0.0141 e. The summed E-state index contributed by atoms with van der Waals surface area (Å²) in [6, 6.07) is 0. The van der Waals surface area contributed by atoms with E-state index in [-0.39, 0.29) is 0 Å². The Balaban J connectivity index is 1.91. The van der Waals surface area contributed by atoms with Crippen LogP contribution in [0.2, 0.25) is 0 Å². The van der Waals surface area contributed by atoms with E-state index in [4.69, 9.17) is 0 Å². The van der Waals surface area contributed by atoms with Crippen molar-refractivity contribution in [3.05, 3.63) is 11.6 Å². The smallest absolute Gasteiger partial charge is 0.0141 e. The number of rotatable bonds is 6. The predicted octanol–water partition coefficient (Wildman–Crippen LogP) is 6.08. The van der Waals surface area contributed by atoms with Crippen molar-refractivity contribution in [2.45, 2.75) is 73.6 Å². The molecule has 0 heterocycles. The quantitative estimate of drug-likeness (QED) is 0.509. The Morgan fingerprint density at radius 1 is 1.11 bits per heavy atom. The molecule has 0 aromatic heterocycles. The summed E-state index contributed by atoms with van der Waals surface area (Å²) >= 11 is 0. The third-order valence-electron chi connectivity index (χ3n) is 6.26. The van der Waals surface area contributed by atoms with Gasteiger partial charge in [-0.05, 0) is 67.1 Å². The van der Waals surface area contributed by atoms with E-state index in [1.54, 1.807) is 5.57 Å². The van der Waals surface area contributed by atoms with Crippen molar-refractivity contribution in [2.75, 3.05) is 0 Å². The van der Waals surface area contributed by atoms with Crippen molar-refractivity contribution < 1.29 is 0 Å². The largest absolute Gasteiger partial charge is 0.0794 e. The normalized spacial score (nSPS) is 39.1. The van der Waals surface area contributed by atoms with Crippen LogP contribution in [0.1, 0.15) is 73.6 Å². The molecule has 0 radical (unpaired) electrons. The average molecular weight is 262 g/mol. The van der Waals surface area contributed by atoms with Gasteiger partial charge in [-0.1, -0.05) is 53.2 Å². The van der Waals surface area contributed by atoms with Gasteiger partial charge in [0, 0.05) is 0 Å². The first-order chi connectivity index (χ1) is 8.85. The number of hydrogen-bond acceptors (Lipinski definition) is 0. The van der Waals surface area contributed by atoms with Gasteiger partial charge in [0.25, 0.3) is 0 Å². The number of hydrogen-bond donors (Lipinski definition) is 0. The number of allylic oxidation sites excluding steroid dienone is 2. The van der Waals surface area contributed by atoms with Crippen LogP contribution in [0.5, 0.6) is 0 Å². The van der Waals surface area contributed by atoms with Gasteiger partial charge in [0.2, 0.25) is 0 Å². The molecule has 2 aliphatic carbocycles. The van der Waals surface area contributed by atoms with Crippen LogP contribution in [0.3, 0.4) is 0 Å². The second-order valence-electron chi connectivity index (χ2n) is 8.17. The van der Waals surface area contributed by atoms with E-state index in [9.17, 15) is 0 Å². The second-order valence-corrected chi connectivity index (χ2v) is 8.17. The summed E-state index contributed by atoms with van der Waals surface area (Å²) in [5.41, 5.74) is 2.13. The van der Waals surface area contributed by atoms with Gasteiger partial charge in [0.15, 0.2) is 0 Å². The zero-order valence-corrected chi connectivity index (χ0v) is 14.0. The molecule has 2 saturated carbocycles. The Morgan fingerprint density at radius 3 is 2.16 bits per heavy atom. The second kappa shape index (κ2) is 5.62. The Kier molecular flexibility index (Phi) is 4.48.